The Kier molecular flexibility index (Phi) is 6.52. The molecule has 3 aromatic rings. The highest BCUT2D eigenvalue weighted by atomic mass is 16.5. The molecule has 0 radical (unpaired) electrons. The summed E-state index contributed by atoms with van der Waals surface area (Å²) in [6.45, 7) is 0.396. The minimum Gasteiger partial charge on any atom is -0.482 e. The molecule has 1 fully saturated rings. The second kappa shape index (κ2) is 9.84. The maximum absolute atomic E-state index is 13.0. The Bertz CT molecular complexity index is 1110. The number of nitrogens with zero attached hydrogens (tertiary/aromatic N) is 2. The van der Waals surface area contributed by atoms with Crippen molar-refractivity contribution in [1.29, 1.82) is 5.26 Å². The smallest absolute Gasteiger partial charge is 0.261 e. The number of hydrogen-bond donors (Lipinski definition) is 1. The van der Waals surface area contributed by atoms with Gasteiger partial charge in [0.15, 0.2) is 6.61 Å². The Labute approximate surface area is 186 Å². The topological polar surface area (TPSA) is 95.6 Å². The molecule has 32 heavy (non-hydrogen) atoms. The molecule has 0 saturated heterocycles. The molecule has 1 aliphatic carbocycles. The van der Waals surface area contributed by atoms with Crippen LogP contribution in [0.25, 0.3) is 0 Å². The van der Waals surface area contributed by atoms with Crippen LogP contribution in [0.5, 0.6) is 5.75 Å². The third-order valence-corrected chi connectivity index (χ3v) is 5.14. The lowest BCUT2D eigenvalue weighted by molar-refractivity contribution is -0.134. The van der Waals surface area contributed by atoms with E-state index in [0.717, 1.165) is 18.4 Å². The van der Waals surface area contributed by atoms with Crippen molar-refractivity contribution in [3.63, 3.8) is 0 Å². The highest BCUT2D eigenvalue weighted by molar-refractivity contribution is 5.94. The van der Waals surface area contributed by atoms with E-state index in [9.17, 15) is 14.9 Å². The van der Waals surface area contributed by atoms with Gasteiger partial charge in [-0.15, -0.1) is 0 Å². The van der Waals surface area contributed by atoms with Gasteiger partial charge in [0.25, 0.3) is 11.8 Å². The lowest BCUT2D eigenvalue weighted by Crippen LogP contribution is -2.34. The van der Waals surface area contributed by atoms with E-state index in [2.05, 4.69) is 11.4 Å². The van der Waals surface area contributed by atoms with E-state index in [0.29, 0.717) is 35.2 Å². The lowest BCUT2D eigenvalue weighted by atomic mass is 10.1. The van der Waals surface area contributed by atoms with Gasteiger partial charge in [0.1, 0.15) is 17.6 Å². The van der Waals surface area contributed by atoms with Crippen molar-refractivity contribution < 1.29 is 18.7 Å². The van der Waals surface area contributed by atoms with Gasteiger partial charge in [-0.3, -0.25) is 9.59 Å². The van der Waals surface area contributed by atoms with Crippen LogP contribution in [-0.4, -0.2) is 29.4 Å². The SMILES string of the molecule is N#Cc1ccccc1OCC(=O)N(Cc1ccc(C(=O)NC2CC2)cc1)Cc1ccco1. The van der Waals surface area contributed by atoms with Gasteiger partial charge in [0, 0.05) is 18.2 Å². The maximum Gasteiger partial charge on any atom is 0.261 e. The predicted molar refractivity (Wildman–Crippen MR) is 117 cm³/mol. The number of furan rings is 1. The summed E-state index contributed by atoms with van der Waals surface area (Å²) in [6, 6.07) is 19.9. The minimum absolute atomic E-state index is 0.0767. The molecule has 0 bridgehead atoms. The van der Waals surface area contributed by atoms with Crippen molar-refractivity contribution in [2.45, 2.75) is 32.0 Å². The maximum atomic E-state index is 13.0. The van der Waals surface area contributed by atoms with Gasteiger partial charge in [0.2, 0.25) is 0 Å². The molecule has 7 nitrogen and oxygen atoms in total. The molecule has 0 spiro atoms. The van der Waals surface area contributed by atoms with Crippen LogP contribution in [0, 0.1) is 11.3 Å². The number of para-hydroxylation sites is 1. The summed E-state index contributed by atoms with van der Waals surface area (Å²) >= 11 is 0. The Morgan fingerprint density at radius 1 is 1.06 bits per heavy atom. The number of rotatable bonds is 9. The van der Waals surface area contributed by atoms with Crippen LogP contribution in [0.4, 0.5) is 0 Å². The zero-order chi connectivity index (χ0) is 22.3. The fourth-order valence-electron chi connectivity index (χ4n) is 3.22. The van der Waals surface area contributed by atoms with Crippen LogP contribution in [0.3, 0.4) is 0 Å². The summed E-state index contributed by atoms with van der Waals surface area (Å²) in [5, 5.41) is 12.2. The number of amides is 2. The Hall–Kier alpha value is -4.05. The van der Waals surface area contributed by atoms with Crippen molar-refractivity contribution in [3.05, 3.63) is 89.4 Å². The summed E-state index contributed by atoms with van der Waals surface area (Å²) in [4.78, 5) is 26.8. The zero-order valence-corrected chi connectivity index (χ0v) is 17.5. The van der Waals surface area contributed by atoms with Crippen LogP contribution < -0.4 is 10.1 Å². The molecule has 1 saturated carbocycles. The molecule has 1 N–H and O–H groups in total. The molecule has 1 heterocycles. The highest BCUT2D eigenvalue weighted by Crippen LogP contribution is 2.20. The normalized spacial score (nSPS) is 12.6. The number of carbonyl (C=O) groups is 2. The van der Waals surface area contributed by atoms with E-state index in [1.54, 1.807) is 59.7 Å². The Morgan fingerprint density at radius 3 is 2.53 bits per heavy atom. The summed E-state index contributed by atoms with van der Waals surface area (Å²) in [5.74, 6) is 0.695. The lowest BCUT2D eigenvalue weighted by Gasteiger charge is -2.22. The first kappa shape index (κ1) is 21.2. The van der Waals surface area contributed by atoms with Crippen molar-refractivity contribution in [1.82, 2.24) is 10.2 Å². The summed E-state index contributed by atoms with van der Waals surface area (Å²) in [5.41, 5.74) is 1.85. The van der Waals surface area contributed by atoms with E-state index in [1.165, 1.54) is 0 Å². The molecule has 1 aliphatic rings. The molecule has 7 heteroatoms. The monoisotopic (exact) mass is 429 g/mol. The van der Waals surface area contributed by atoms with Crippen LogP contribution >= 0.6 is 0 Å². The van der Waals surface area contributed by atoms with Crippen LogP contribution in [0.15, 0.2) is 71.3 Å². The Morgan fingerprint density at radius 2 is 1.84 bits per heavy atom. The van der Waals surface area contributed by atoms with Crippen LogP contribution in [0.2, 0.25) is 0 Å². The molecule has 0 aliphatic heterocycles. The van der Waals surface area contributed by atoms with E-state index >= 15 is 0 Å². The van der Waals surface area contributed by atoms with Crippen LogP contribution in [0.1, 0.15) is 40.1 Å². The molecular weight excluding hydrogens is 406 g/mol. The first-order valence-corrected chi connectivity index (χ1v) is 10.4. The van der Waals surface area contributed by atoms with Gasteiger partial charge in [-0.25, -0.2) is 0 Å². The standard InChI is InChI=1S/C25H23N3O4/c26-14-20-4-1-2-6-23(20)32-17-24(29)28(16-22-5-3-13-31-22)15-18-7-9-19(10-8-18)25(30)27-21-11-12-21/h1-10,13,21H,11-12,15-17H2,(H,27,30). The second-order valence-corrected chi connectivity index (χ2v) is 7.67. The fourth-order valence-corrected chi connectivity index (χ4v) is 3.22. The number of nitrogens with one attached hydrogen (secondary N) is 1. The number of benzene rings is 2. The van der Waals surface area contributed by atoms with Gasteiger partial charge in [-0.05, 0) is 54.8 Å². The van der Waals surface area contributed by atoms with E-state index in [1.807, 2.05) is 12.1 Å². The zero-order valence-electron chi connectivity index (χ0n) is 17.5. The third-order valence-electron chi connectivity index (χ3n) is 5.14. The summed E-state index contributed by atoms with van der Waals surface area (Å²) in [6.07, 6.45) is 3.63. The third kappa shape index (κ3) is 5.55. The van der Waals surface area contributed by atoms with Gasteiger partial charge in [0.05, 0.1) is 18.4 Å². The molecular formula is C25H23N3O4. The van der Waals surface area contributed by atoms with Gasteiger partial charge in [-0.1, -0.05) is 24.3 Å². The van der Waals surface area contributed by atoms with Gasteiger partial charge >= 0.3 is 0 Å². The molecule has 162 valence electrons. The molecule has 4 rings (SSSR count). The van der Waals surface area contributed by atoms with Crippen molar-refractivity contribution >= 4 is 11.8 Å². The number of ether oxygens (including phenoxy) is 1. The van der Waals surface area contributed by atoms with Crippen molar-refractivity contribution in [2.24, 2.45) is 0 Å². The first-order chi connectivity index (χ1) is 15.6. The second-order valence-electron chi connectivity index (χ2n) is 7.67. The molecule has 1 aromatic heterocycles. The highest BCUT2D eigenvalue weighted by Gasteiger charge is 2.24. The number of carbonyl (C=O) groups excluding carboxylic acids is 2. The molecule has 2 aromatic carbocycles. The van der Waals surface area contributed by atoms with Gasteiger partial charge < -0.3 is 19.4 Å². The minimum atomic E-state index is -0.246. The van der Waals surface area contributed by atoms with Crippen molar-refractivity contribution in [3.8, 4) is 11.8 Å². The number of hydrogen-bond acceptors (Lipinski definition) is 5. The largest absolute Gasteiger partial charge is 0.482 e. The quantitative estimate of drug-likeness (QED) is 0.560. The molecule has 0 atom stereocenters. The predicted octanol–water partition coefficient (Wildman–Crippen LogP) is 3.65. The van der Waals surface area contributed by atoms with Crippen molar-refractivity contribution in [2.75, 3.05) is 6.61 Å². The Balaban J connectivity index is 1.43. The molecule has 0 unspecified atom stereocenters. The first-order valence-electron chi connectivity index (χ1n) is 10.4. The average Bonchev–Trinajstić information content (AvgIpc) is 3.48. The van der Waals surface area contributed by atoms with E-state index in [-0.39, 0.29) is 25.0 Å². The average molecular weight is 429 g/mol. The van der Waals surface area contributed by atoms with Crippen LogP contribution in [-0.2, 0) is 17.9 Å². The van der Waals surface area contributed by atoms with E-state index in [4.69, 9.17) is 9.15 Å². The van der Waals surface area contributed by atoms with Gasteiger partial charge in [-0.2, -0.15) is 5.26 Å². The fraction of sp³-hybridized carbons (Fsp3) is 0.240. The molecule has 2 amide bonds. The summed E-state index contributed by atoms with van der Waals surface area (Å²) in [7, 11) is 0. The summed E-state index contributed by atoms with van der Waals surface area (Å²) < 4.78 is 11.0. The number of nitriles is 1. The van der Waals surface area contributed by atoms with E-state index < -0.39 is 0 Å².